The summed E-state index contributed by atoms with van der Waals surface area (Å²) in [5, 5.41) is 9.44. The molecule has 1 aliphatic carbocycles. The first-order chi connectivity index (χ1) is 9.65. The Morgan fingerprint density at radius 1 is 1.20 bits per heavy atom. The minimum absolute atomic E-state index is 0.258. The van der Waals surface area contributed by atoms with Crippen molar-refractivity contribution in [1.82, 2.24) is 0 Å². The van der Waals surface area contributed by atoms with Gasteiger partial charge in [-0.2, -0.15) is 0 Å². The number of carbonyl (C=O) groups excluding carboxylic acids is 1. The highest BCUT2D eigenvalue weighted by Crippen LogP contribution is 2.39. The normalized spacial score (nSPS) is 21.7. The number of allylic oxidation sites excluding steroid dienone is 2. The Morgan fingerprint density at radius 3 is 2.40 bits per heavy atom. The minimum atomic E-state index is 0.258. The van der Waals surface area contributed by atoms with Gasteiger partial charge in [-0.25, -0.2) is 0 Å². The monoisotopic (exact) mass is 272 g/mol. The highest BCUT2D eigenvalue weighted by Gasteiger charge is 2.28. The number of hydrogen-bond donors (Lipinski definition) is 1. The first kappa shape index (κ1) is 14.8. The SMILES string of the molecule is CC[C@H](c1ccc(O)cc1)[C@@H](CC)C1C=CC(=O)CC1. The smallest absolute Gasteiger partial charge is 0.155 e. The molecule has 0 bridgehead atoms. The first-order valence-corrected chi connectivity index (χ1v) is 7.65. The van der Waals surface area contributed by atoms with E-state index in [-0.39, 0.29) is 5.78 Å². The third-order valence-corrected chi connectivity index (χ3v) is 4.55. The molecule has 108 valence electrons. The fourth-order valence-corrected chi connectivity index (χ4v) is 3.47. The van der Waals surface area contributed by atoms with E-state index >= 15 is 0 Å². The fraction of sp³-hybridized carbons (Fsp3) is 0.500. The van der Waals surface area contributed by atoms with Crippen LogP contribution in [-0.2, 0) is 4.79 Å². The van der Waals surface area contributed by atoms with Gasteiger partial charge in [0, 0.05) is 6.42 Å². The van der Waals surface area contributed by atoms with Crippen molar-refractivity contribution in [3.05, 3.63) is 42.0 Å². The molecule has 0 aliphatic heterocycles. The number of hydrogen-bond acceptors (Lipinski definition) is 2. The summed E-state index contributed by atoms with van der Waals surface area (Å²) in [5.74, 6) is 2.13. The van der Waals surface area contributed by atoms with Gasteiger partial charge in [0.25, 0.3) is 0 Å². The fourth-order valence-electron chi connectivity index (χ4n) is 3.47. The van der Waals surface area contributed by atoms with Crippen LogP contribution >= 0.6 is 0 Å². The number of phenolic OH excluding ortho intramolecular Hbond substituents is 1. The molecule has 0 saturated carbocycles. The van der Waals surface area contributed by atoms with E-state index in [1.807, 2.05) is 12.1 Å². The molecule has 0 aromatic heterocycles. The van der Waals surface area contributed by atoms with E-state index in [4.69, 9.17) is 0 Å². The van der Waals surface area contributed by atoms with Crippen LogP contribution in [0.2, 0.25) is 0 Å². The van der Waals surface area contributed by atoms with Gasteiger partial charge in [0.15, 0.2) is 5.78 Å². The Kier molecular flexibility index (Phi) is 4.99. The van der Waals surface area contributed by atoms with Crippen LogP contribution in [0.1, 0.15) is 51.0 Å². The molecule has 0 spiro atoms. The van der Waals surface area contributed by atoms with Crippen LogP contribution in [0, 0.1) is 11.8 Å². The lowest BCUT2D eigenvalue weighted by Gasteiger charge is -2.32. The molecule has 1 aromatic rings. The van der Waals surface area contributed by atoms with E-state index in [0.717, 1.165) is 19.3 Å². The quantitative estimate of drug-likeness (QED) is 0.860. The van der Waals surface area contributed by atoms with Crippen LogP contribution in [0.5, 0.6) is 5.75 Å². The number of carbonyl (C=O) groups is 1. The molecule has 0 amide bonds. The third-order valence-electron chi connectivity index (χ3n) is 4.55. The number of benzene rings is 1. The molecule has 1 unspecified atom stereocenters. The molecule has 2 heteroatoms. The standard InChI is InChI=1S/C18H24O2/c1-3-17(13-5-9-15(19)10-6-13)18(4-2)14-7-11-16(20)12-8-14/h5-7,9-11,14,17-19H,3-4,8,12H2,1-2H3/t14?,17-,18+/m1/s1. The Balaban J connectivity index is 2.21. The Morgan fingerprint density at radius 2 is 1.90 bits per heavy atom. The zero-order chi connectivity index (χ0) is 14.5. The zero-order valence-electron chi connectivity index (χ0n) is 12.4. The maximum atomic E-state index is 11.4. The minimum Gasteiger partial charge on any atom is -0.508 e. The molecule has 1 aromatic carbocycles. The lowest BCUT2D eigenvalue weighted by molar-refractivity contribution is -0.115. The average Bonchev–Trinajstić information content (AvgIpc) is 2.47. The van der Waals surface area contributed by atoms with Gasteiger partial charge >= 0.3 is 0 Å². The summed E-state index contributed by atoms with van der Waals surface area (Å²) < 4.78 is 0. The first-order valence-electron chi connectivity index (χ1n) is 7.65. The average molecular weight is 272 g/mol. The van der Waals surface area contributed by atoms with Gasteiger partial charge in [0.1, 0.15) is 5.75 Å². The number of ketones is 1. The topological polar surface area (TPSA) is 37.3 Å². The molecule has 1 aliphatic rings. The summed E-state index contributed by atoms with van der Waals surface area (Å²) in [6.07, 6.45) is 7.74. The molecule has 2 nitrogen and oxygen atoms in total. The van der Waals surface area contributed by atoms with Crippen molar-refractivity contribution >= 4 is 5.78 Å². The van der Waals surface area contributed by atoms with Crippen LogP contribution in [0.25, 0.3) is 0 Å². The zero-order valence-corrected chi connectivity index (χ0v) is 12.4. The Bertz CT molecular complexity index is 473. The van der Waals surface area contributed by atoms with Crippen molar-refractivity contribution in [1.29, 1.82) is 0 Å². The molecule has 0 saturated heterocycles. The van der Waals surface area contributed by atoms with Crippen molar-refractivity contribution in [3.63, 3.8) is 0 Å². The van der Waals surface area contributed by atoms with Crippen LogP contribution in [-0.4, -0.2) is 10.9 Å². The molecule has 0 radical (unpaired) electrons. The second kappa shape index (κ2) is 6.74. The predicted molar refractivity (Wildman–Crippen MR) is 81.8 cm³/mol. The van der Waals surface area contributed by atoms with Gasteiger partial charge in [-0.15, -0.1) is 0 Å². The Labute approximate surface area is 121 Å². The second-order valence-corrected chi connectivity index (χ2v) is 5.71. The van der Waals surface area contributed by atoms with Gasteiger partial charge in [-0.05, 0) is 54.4 Å². The van der Waals surface area contributed by atoms with E-state index in [0.29, 0.717) is 29.9 Å². The van der Waals surface area contributed by atoms with Gasteiger partial charge < -0.3 is 5.11 Å². The molecule has 1 N–H and O–H groups in total. The van der Waals surface area contributed by atoms with Crippen LogP contribution in [0.15, 0.2) is 36.4 Å². The van der Waals surface area contributed by atoms with E-state index in [1.54, 1.807) is 18.2 Å². The summed E-state index contributed by atoms with van der Waals surface area (Å²) in [4.78, 5) is 11.4. The van der Waals surface area contributed by atoms with Gasteiger partial charge in [-0.3, -0.25) is 4.79 Å². The Hall–Kier alpha value is -1.57. The summed E-state index contributed by atoms with van der Waals surface area (Å²) >= 11 is 0. The van der Waals surface area contributed by atoms with Crippen molar-refractivity contribution in [2.24, 2.45) is 11.8 Å². The van der Waals surface area contributed by atoms with Crippen molar-refractivity contribution in [2.45, 2.75) is 45.4 Å². The maximum absolute atomic E-state index is 11.4. The lowest BCUT2D eigenvalue weighted by Crippen LogP contribution is -2.23. The summed E-state index contributed by atoms with van der Waals surface area (Å²) in [6.45, 7) is 4.45. The van der Waals surface area contributed by atoms with Crippen LogP contribution < -0.4 is 0 Å². The summed E-state index contributed by atoms with van der Waals surface area (Å²) in [6, 6.07) is 7.60. The molecular formula is C18H24O2. The third kappa shape index (κ3) is 3.30. The van der Waals surface area contributed by atoms with E-state index in [2.05, 4.69) is 19.9 Å². The van der Waals surface area contributed by atoms with Crippen molar-refractivity contribution < 1.29 is 9.90 Å². The molecule has 3 atom stereocenters. The van der Waals surface area contributed by atoms with Crippen LogP contribution in [0.3, 0.4) is 0 Å². The van der Waals surface area contributed by atoms with E-state index in [9.17, 15) is 9.90 Å². The van der Waals surface area contributed by atoms with E-state index in [1.165, 1.54) is 5.56 Å². The molecule has 2 rings (SSSR count). The summed E-state index contributed by atoms with van der Waals surface area (Å²) in [5.41, 5.74) is 1.29. The molecule has 20 heavy (non-hydrogen) atoms. The predicted octanol–water partition coefficient (Wildman–Crippen LogP) is 4.45. The van der Waals surface area contributed by atoms with Crippen molar-refractivity contribution in [2.75, 3.05) is 0 Å². The summed E-state index contributed by atoms with van der Waals surface area (Å²) in [7, 11) is 0. The molecule has 0 fully saturated rings. The second-order valence-electron chi connectivity index (χ2n) is 5.71. The van der Waals surface area contributed by atoms with E-state index < -0.39 is 0 Å². The van der Waals surface area contributed by atoms with Gasteiger partial charge in [-0.1, -0.05) is 38.5 Å². The lowest BCUT2D eigenvalue weighted by atomic mass is 9.72. The van der Waals surface area contributed by atoms with Crippen molar-refractivity contribution in [3.8, 4) is 5.75 Å². The van der Waals surface area contributed by atoms with Gasteiger partial charge in [0.05, 0.1) is 0 Å². The van der Waals surface area contributed by atoms with Crippen LogP contribution in [0.4, 0.5) is 0 Å². The number of rotatable bonds is 5. The van der Waals surface area contributed by atoms with Gasteiger partial charge in [0.2, 0.25) is 0 Å². The number of aromatic hydroxyl groups is 1. The largest absolute Gasteiger partial charge is 0.508 e. The molecular weight excluding hydrogens is 248 g/mol. The number of phenols is 1. The highest BCUT2D eigenvalue weighted by atomic mass is 16.3. The molecule has 0 heterocycles. The highest BCUT2D eigenvalue weighted by molar-refractivity contribution is 5.90. The maximum Gasteiger partial charge on any atom is 0.155 e.